The van der Waals surface area contributed by atoms with Crippen molar-refractivity contribution < 1.29 is 15.0 Å². The third-order valence-electron chi connectivity index (χ3n) is 5.86. The number of aryl methyl sites for hydroxylation is 1. The average Bonchev–Trinajstić information content (AvgIpc) is 2.97. The van der Waals surface area contributed by atoms with Gasteiger partial charge in [0.15, 0.2) is 5.60 Å². The van der Waals surface area contributed by atoms with Gasteiger partial charge in [-0.3, -0.25) is 4.79 Å². The van der Waals surface area contributed by atoms with Crippen LogP contribution in [0.1, 0.15) is 22.3 Å². The molecule has 0 radical (unpaired) electrons. The van der Waals surface area contributed by atoms with Crippen molar-refractivity contribution in [2.75, 3.05) is 4.90 Å². The summed E-state index contributed by atoms with van der Waals surface area (Å²) in [7, 11) is 0. The quantitative estimate of drug-likeness (QED) is 0.531. The Kier molecular flexibility index (Phi) is 4.12. The number of hydrogen-bond donors (Lipinski definition) is 2. The van der Waals surface area contributed by atoms with Crippen LogP contribution in [0, 0.1) is 6.92 Å². The third-order valence-corrected chi connectivity index (χ3v) is 5.86. The second kappa shape index (κ2) is 6.71. The van der Waals surface area contributed by atoms with E-state index in [0.29, 0.717) is 23.2 Å². The van der Waals surface area contributed by atoms with Crippen LogP contribution in [0.2, 0.25) is 0 Å². The van der Waals surface area contributed by atoms with Crippen molar-refractivity contribution in [1.29, 1.82) is 0 Å². The zero-order chi connectivity index (χ0) is 20.9. The molecule has 0 saturated heterocycles. The average molecular weight is 395 g/mol. The first kappa shape index (κ1) is 18.4. The molecule has 1 amide bonds. The SMILES string of the molecule is Cc1ccc2c(c1)C(O)(c1ccc3ccccc3c1O)C(=O)N2Cc1ccccc1. The maximum Gasteiger partial charge on any atom is 0.268 e. The molecule has 4 heteroatoms. The van der Waals surface area contributed by atoms with Gasteiger partial charge in [-0.15, -0.1) is 0 Å². The number of aromatic hydroxyl groups is 1. The lowest BCUT2D eigenvalue weighted by atomic mass is 9.85. The first-order chi connectivity index (χ1) is 14.5. The second-order valence-electron chi connectivity index (χ2n) is 7.79. The highest BCUT2D eigenvalue weighted by Gasteiger charge is 2.52. The van der Waals surface area contributed by atoms with Crippen LogP contribution >= 0.6 is 0 Å². The highest BCUT2D eigenvalue weighted by molar-refractivity contribution is 6.10. The summed E-state index contributed by atoms with van der Waals surface area (Å²) in [6, 6.07) is 26.1. The molecule has 1 aliphatic rings. The molecule has 0 spiro atoms. The number of carbonyl (C=O) groups is 1. The number of anilines is 1. The van der Waals surface area contributed by atoms with E-state index in [4.69, 9.17) is 0 Å². The molecule has 148 valence electrons. The molecule has 1 unspecified atom stereocenters. The standard InChI is InChI=1S/C26H21NO3/c1-17-11-14-23-22(15-17)26(30,25(29)27(23)16-18-7-3-2-4-8-18)21-13-12-19-9-5-6-10-20(19)24(21)28/h2-15,28,30H,16H2,1H3. The molecule has 4 aromatic rings. The van der Waals surface area contributed by atoms with E-state index >= 15 is 0 Å². The molecule has 0 fully saturated rings. The summed E-state index contributed by atoms with van der Waals surface area (Å²) in [6.45, 7) is 2.26. The number of phenolic OH excluding ortho intramolecular Hbond substituents is 1. The van der Waals surface area contributed by atoms with Gasteiger partial charge in [0.1, 0.15) is 5.75 Å². The number of fused-ring (bicyclic) bond motifs is 2. The van der Waals surface area contributed by atoms with E-state index in [2.05, 4.69) is 0 Å². The maximum absolute atomic E-state index is 13.7. The van der Waals surface area contributed by atoms with Gasteiger partial charge in [0.05, 0.1) is 12.2 Å². The van der Waals surface area contributed by atoms with Crippen LogP contribution in [-0.4, -0.2) is 16.1 Å². The number of rotatable bonds is 3. The van der Waals surface area contributed by atoms with Crippen LogP contribution in [0.5, 0.6) is 5.75 Å². The van der Waals surface area contributed by atoms with Crippen molar-refractivity contribution >= 4 is 22.4 Å². The van der Waals surface area contributed by atoms with E-state index in [1.54, 1.807) is 17.0 Å². The van der Waals surface area contributed by atoms with E-state index < -0.39 is 11.5 Å². The number of hydrogen-bond acceptors (Lipinski definition) is 3. The van der Waals surface area contributed by atoms with Gasteiger partial charge < -0.3 is 15.1 Å². The van der Waals surface area contributed by atoms with Crippen LogP contribution < -0.4 is 4.90 Å². The Bertz CT molecular complexity index is 1280. The highest BCUT2D eigenvalue weighted by Crippen LogP contribution is 2.49. The van der Waals surface area contributed by atoms with Crippen molar-refractivity contribution in [3.8, 4) is 5.75 Å². The van der Waals surface area contributed by atoms with Crippen LogP contribution in [0.3, 0.4) is 0 Å². The first-order valence-corrected chi connectivity index (χ1v) is 9.91. The van der Waals surface area contributed by atoms with Gasteiger partial charge in [0.2, 0.25) is 0 Å². The van der Waals surface area contributed by atoms with E-state index in [0.717, 1.165) is 16.5 Å². The number of phenols is 1. The van der Waals surface area contributed by atoms with Gasteiger partial charge in [-0.05, 0) is 23.9 Å². The monoisotopic (exact) mass is 395 g/mol. The molecule has 30 heavy (non-hydrogen) atoms. The summed E-state index contributed by atoms with van der Waals surface area (Å²) >= 11 is 0. The van der Waals surface area contributed by atoms with Crippen molar-refractivity contribution in [2.45, 2.75) is 19.1 Å². The lowest BCUT2D eigenvalue weighted by Gasteiger charge is -2.25. The van der Waals surface area contributed by atoms with Gasteiger partial charge in [-0.2, -0.15) is 0 Å². The van der Waals surface area contributed by atoms with Crippen LogP contribution in [0.15, 0.2) is 84.9 Å². The Labute approximate surface area is 174 Å². The molecule has 0 aromatic heterocycles. The van der Waals surface area contributed by atoms with Gasteiger partial charge in [-0.1, -0.05) is 84.4 Å². The minimum atomic E-state index is -1.95. The summed E-state index contributed by atoms with van der Waals surface area (Å²) in [5.74, 6) is -0.532. The highest BCUT2D eigenvalue weighted by atomic mass is 16.3. The molecule has 4 aromatic carbocycles. The predicted octanol–water partition coefficient (Wildman–Crippen LogP) is 4.64. The van der Waals surface area contributed by atoms with E-state index in [1.165, 1.54) is 0 Å². The molecule has 0 bridgehead atoms. The number of amides is 1. The van der Waals surface area contributed by atoms with Crippen molar-refractivity contribution in [2.24, 2.45) is 0 Å². The lowest BCUT2D eigenvalue weighted by Crippen LogP contribution is -2.41. The number of carbonyl (C=O) groups excluding carboxylic acids is 1. The lowest BCUT2D eigenvalue weighted by molar-refractivity contribution is -0.132. The van der Waals surface area contributed by atoms with Gasteiger partial charge in [0, 0.05) is 16.5 Å². The summed E-state index contributed by atoms with van der Waals surface area (Å²) in [5, 5.41) is 24.3. The molecule has 1 heterocycles. The molecular weight excluding hydrogens is 374 g/mol. The van der Waals surface area contributed by atoms with Crippen molar-refractivity contribution in [1.82, 2.24) is 0 Å². The Morgan fingerprint density at radius 1 is 0.867 bits per heavy atom. The minimum absolute atomic E-state index is 0.0713. The summed E-state index contributed by atoms with van der Waals surface area (Å²) < 4.78 is 0. The van der Waals surface area contributed by atoms with E-state index in [9.17, 15) is 15.0 Å². The Hall–Kier alpha value is -3.63. The van der Waals surface area contributed by atoms with Crippen LogP contribution in [0.4, 0.5) is 5.69 Å². The van der Waals surface area contributed by atoms with E-state index in [-0.39, 0.29) is 11.3 Å². The predicted molar refractivity (Wildman–Crippen MR) is 117 cm³/mol. The Morgan fingerprint density at radius 3 is 2.40 bits per heavy atom. The molecular formula is C26H21NO3. The van der Waals surface area contributed by atoms with E-state index in [1.807, 2.05) is 79.7 Å². The minimum Gasteiger partial charge on any atom is -0.507 e. The van der Waals surface area contributed by atoms with Crippen molar-refractivity contribution in [3.63, 3.8) is 0 Å². The fraction of sp³-hybridized carbons (Fsp3) is 0.115. The Morgan fingerprint density at radius 2 is 1.60 bits per heavy atom. The normalized spacial score (nSPS) is 18.1. The molecule has 1 aliphatic heterocycles. The van der Waals surface area contributed by atoms with Crippen LogP contribution in [-0.2, 0) is 16.9 Å². The molecule has 5 rings (SSSR count). The number of aliphatic hydroxyl groups is 1. The summed E-state index contributed by atoms with van der Waals surface area (Å²) in [4.78, 5) is 15.2. The molecule has 1 atom stereocenters. The number of nitrogens with zero attached hydrogens (tertiary/aromatic N) is 1. The molecule has 2 N–H and O–H groups in total. The molecule has 4 nitrogen and oxygen atoms in total. The topological polar surface area (TPSA) is 60.8 Å². The number of benzene rings is 4. The first-order valence-electron chi connectivity index (χ1n) is 9.91. The van der Waals surface area contributed by atoms with Gasteiger partial charge in [0.25, 0.3) is 5.91 Å². The Balaban J connectivity index is 1.71. The molecule has 0 aliphatic carbocycles. The van der Waals surface area contributed by atoms with Crippen LogP contribution in [0.25, 0.3) is 10.8 Å². The van der Waals surface area contributed by atoms with Crippen molar-refractivity contribution in [3.05, 3.63) is 107 Å². The smallest absolute Gasteiger partial charge is 0.268 e. The third kappa shape index (κ3) is 2.61. The zero-order valence-corrected chi connectivity index (χ0v) is 16.5. The fourth-order valence-electron chi connectivity index (χ4n) is 4.33. The second-order valence-corrected chi connectivity index (χ2v) is 7.79. The maximum atomic E-state index is 13.7. The zero-order valence-electron chi connectivity index (χ0n) is 16.5. The summed E-state index contributed by atoms with van der Waals surface area (Å²) in [6.07, 6.45) is 0. The summed E-state index contributed by atoms with van der Waals surface area (Å²) in [5.41, 5.74) is 1.29. The largest absolute Gasteiger partial charge is 0.507 e. The van der Waals surface area contributed by atoms with Gasteiger partial charge >= 0.3 is 0 Å². The molecule has 0 saturated carbocycles. The fourth-order valence-corrected chi connectivity index (χ4v) is 4.33. The van der Waals surface area contributed by atoms with Gasteiger partial charge in [-0.25, -0.2) is 0 Å².